The predicted octanol–water partition coefficient (Wildman–Crippen LogP) is 3.61. The van der Waals surface area contributed by atoms with Crippen molar-refractivity contribution in [3.63, 3.8) is 0 Å². The van der Waals surface area contributed by atoms with Crippen molar-refractivity contribution in [2.24, 2.45) is 0 Å². The van der Waals surface area contributed by atoms with Gasteiger partial charge in [0.1, 0.15) is 5.69 Å². The zero-order chi connectivity index (χ0) is 14.8. The molecule has 21 heavy (non-hydrogen) atoms. The van der Waals surface area contributed by atoms with Gasteiger partial charge in [-0.1, -0.05) is 38.1 Å². The fourth-order valence-electron chi connectivity index (χ4n) is 2.30. The smallest absolute Gasteiger partial charge is 0.267 e. The lowest BCUT2D eigenvalue weighted by molar-refractivity contribution is 0.575. The monoisotopic (exact) mass is 282 g/mol. The van der Waals surface area contributed by atoms with E-state index in [2.05, 4.69) is 43.2 Å². The van der Waals surface area contributed by atoms with Crippen LogP contribution in [0.5, 0.6) is 0 Å². The van der Waals surface area contributed by atoms with Crippen LogP contribution in [0, 0.1) is 0 Å². The molecule has 0 aliphatic carbocycles. The van der Waals surface area contributed by atoms with Crippen molar-refractivity contribution < 1.29 is 4.42 Å². The number of H-pyrrole nitrogens is 1. The van der Waals surface area contributed by atoms with Crippen molar-refractivity contribution in [2.45, 2.75) is 26.3 Å². The maximum Gasteiger partial charge on any atom is 0.267 e. The van der Waals surface area contributed by atoms with Crippen LogP contribution in [-0.2, 0) is 6.54 Å². The van der Waals surface area contributed by atoms with Gasteiger partial charge in [-0.15, -0.1) is 0 Å². The molecule has 2 aromatic heterocycles. The van der Waals surface area contributed by atoms with E-state index in [0.29, 0.717) is 23.9 Å². The van der Waals surface area contributed by atoms with Gasteiger partial charge >= 0.3 is 0 Å². The minimum absolute atomic E-state index is 0.0608. The van der Waals surface area contributed by atoms with Crippen LogP contribution in [0.2, 0.25) is 0 Å². The molecule has 1 aromatic carbocycles. The molecule has 0 unspecified atom stereocenters. The van der Waals surface area contributed by atoms with Crippen LogP contribution >= 0.6 is 0 Å². The minimum Gasteiger partial charge on any atom is -0.463 e. The summed E-state index contributed by atoms with van der Waals surface area (Å²) < 4.78 is 6.88. The molecule has 0 aliphatic rings. The molecule has 0 bridgehead atoms. The van der Waals surface area contributed by atoms with Gasteiger partial charge in [-0.3, -0.25) is 9.89 Å². The van der Waals surface area contributed by atoms with E-state index in [4.69, 9.17) is 4.42 Å². The number of furan rings is 1. The normalized spacial score (nSPS) is 11.2. The standard InChI is InChI=1S/C17H18N2O2/c1-12(2)14-7-5-13(6-8-14)11-19-17(20)10-15(18-19)16-4-3-9-21-16/h3-10,12,18H,11H2,1-2H3. The van der Waals surface area contributed by atoms with E-state index in [-0.39, 0.29) is 5.56 Å². The van der Waals surface area contributed by atoms with Crippen LogP contribution in [0.3, 0.4) is 0 Å². The van der Waals surface area contributed by atoms with Crippen molar-refractivity contribution in [1.29, 1.82) is 0 Å². The average Bonchev–Trinajstić information content (AvgIpc) is 3.10. The first-order valence-electron chi connectivity index (χ1n) is 7.06. The second kappa shape index (κ2) is 5.48. The van der Waals surface area contributed by atoms with Gasteiger partial charge in [-0.25, -0.2) is 4.68 Å². The molecule has 1 N–H and O–H groups in total. The summed E-state index contributed by atoms with van der Waals surface area (Å²) in [5, 5.41) is 3.08. The molecule has 0 amide bonds. The van der Waals surface area contributed by atoms with Crippen molar-refractivity contribution in [2.75, 3.05) is 0 Å². The summed E-state index contributed by atoms with van der Waals surface area (Å²) in [6, 6.07) is 13.5. The lowest BCUT2D eigenvalue weighted by Crippen LogP contribution is -2.16. The fourth-order valence-corrected chi connectivity index (χ4v) is 2.30. The van der Waals surface area contributed by atoms with Gasteiger partial charge in [0, 0.05) is 6.07 Å². The molecule has 0 aliphatic heterocycles. The van der Waals surface area contributed by atoms with E-state index in [0.717, 1.165) is 5.56 Å². The third-order valence-corrected chi connectivity index (χ3v) is 3.56. The molecule has 108 valence electrons. The summed E-state index contributed by atoms with van der Waals surface area (Å²) in [5.41, 5.74) is 3.03. The number of nitrogens with one attached hydrogen (secondary N) is 1. The predicted molar refractivity (Wildman–Crippen MR) is 82.4 cm³/mol. The lowest BCUT2D eigenvalue weighted by atomic mass is 10.0. The number of benzene rings is 1. The Labute approximate surface area is 123 Å². The maximum absolute atomic E-state index is 12.0. The van der Waals surface area contributed by atoms with Crippen LogP contribution in [0.15, 0.2) is 57.9 Å². The van der Waals surface area contributed by atoms with Crippen molar-refractivity contribution in [1.82, 2.24) is 9.78 Å². The Morgan fingerprint density at radius 3 is 2.57 bits per heavy atom. The van der Waals surface area contributed by atoms with Crippen LogP contribution in [0.4, 0.5) is 0 Å². The topological polar surface area (TPSA) is 50.9 Å². The third kappa shape index (κ3) is 2.84. The molecule has 0 spiro atoms. The first kappa shape index (κ1) is 13.5. The van der Waals surface area contributed by atoms with E-state index in [1.54, 1.807) is 23.1 Å². The molecule has 0 fully saturated rings. The Morgan fingerprint density at radius 2 is 1.95 bits per heavy atom. The Morgan fingerprint density at radius 1 is 1.19 bits per heavy atom. The highest BCUT2D eigenvalue weighted by Gasteiger charge is 2.08. The first-order valence-corrected chi connectivity index (χ1v) is 7.06. The highest BCUT2D eigenvalue weighted by Crippen LogP contribution is 2.17. The van der Waals surface area contributed by atoms with Gasteiger partial charge in [-0.05, 0) is 29.2 Å². The molecule has 3 rings (SSSR count). The second-order valence-corrected chi connectivity index (χ2v) is 5.47. The highest BCUT2D eigenvalue weighted by atomic mass is 16.3. The highest BCUT2D eigenvalue weighted by molar-refractivity contribution is 5.50. The molecule has 0 atom stereocenters. The van der Waals surface area contributed by atoms with E-state index in [9.17, 15) is 4.79 Å². The number of hydrogen-bond acceptors (Lipinski definition) is 2. The quantitative estimate of drug-likeness (QED) is 0.794. The number of aromatic amines is 1. The van der Waals surface area contributed by atoms with E-state index < -0.39 is 0 Å². The Hall–Kier alpha value is -2.49. The molecular formula is C17H18N2O2. The van der Waals surface area contributed by atoms with Gasteiger partial charge in [0.15, 0.2) is 5.76 Å². The Balaban J connectivity index is 1.83. The molecule has 4 nitrogen and oxygen atoms in total. The van der Waals surface area contributed by atoms with Crippen LogP contribution in [-0.4, -0.2) is 9.78 Å². The zero-order valence-electron chi connectivity index (χ0n) is 12.2. The summed E-state index contributed by atoms with van der Waals surface area (Å²) in [4.78, 5) is 12.0. The molecule has 3 aromatic rings. The molecule has 0 saturated carbocycles. The summed E-state index contributed by atoms with van der Waals surface area (Å²) in [7, 11) is 0. The third-order valence-electron chi connectivity index (χ3n) is 3.56. The molecule has 0 radical (unpaired) electrons. The molecular weight excluding hydrogens is 264 g/mol. The van der Waals surface area contributed by atoms with Crippen molar-refractivity contribution >= 4 is 0 Å². The van der Waals surface area contributed by atoms with Gasteiger partial charge in [-0.2, -0.15) is 0 Å². The van der Waals surface area contributed by atoms with Crippen molar-refractivity contribution in [3.8, 4) is 11.5 Å². The average molecular weight is 282 g/mol. The van der Waals surface area contributed by atoms with Crippen molar-refractivity contribution in [3.05, 3.63) is 70.2 Å². The van der Waals surface area contributed by atoms with E-state index >= 15 is 0 Å². The van der Waals surface area contributed by atoms with Gasteiger partial charge in [0.25, 0.3) is 5.56 Å². The molecule has 0 saturated heterocycles. The maximum atomic E-state index is 12.0. The number of aromatic nitrogens is 2. The van der Waals surface area contributed by atoms with E-state index in [1.807, 2.05) is 6.07 Å². The van der Waals surface area contributed by atoms with E-state index in [1.165, 1.54) is 5.56 Å². The largest absolute Gasteiger partial charge is 0.463 e. The second-order valence-electron chi connectivity index (χ2n) is 5.47. The summed E-state index contributed by atoms with van der Waals surface area (Å²) in [6.45, 7) is 4.86. The van der Waals surface area contributed by atoms with Crippen LogP contribution in [0.1, 0.15) is 30.9 Å². The number of hydrogen-bond donors (Lipinski definition) is 1. The first-order chi connectivity index (χ1) is 10.1. The zero-order valence-corrected chi connectivity index (χ0v) is 12.2. The number of rotatable bonds is 4. The van der Waals surface area contributed by atoms with Crippen LogP contribution < -0.4 is 5.56 Å². The SMILES string of the molecule is CC(C)c1ccc(Cn2[nH]c(-c3ccco3)cc2=O)cc1. The van der Waals surface area contributed by atoms with Gasteiger partial charge in [0.2, 0.25) is 0 Å². The summed E-state index contributed by atoms with van der Waals surface area (Å²) in [6.07, 6.45) is 1.59. The lowest BCUT2D eigenvalue weighted by Gasteiger charge is -2.07. The summed E-state index contributed by atoms with van der Waals surface area (Å²) >= 11 is 0. The fraction of sp³-hybridized carbons (Fsp3) is 0.235. The van der Waals surface area contributed by atoms with Crippen LogP contribution in [0.25, 0.3) is 11.5 Å². The van der Waals surface area contributed by atoms with Gasteiger partial charge in [0.05, 0.1) is 12.8 Å². The minimum atomic E-state index is -0.0608. The molecule has 2 heterocycles. The Bertz CT molecular complexity index is 762. The Kier molecular flexibility index (Phi) is 3.52. The summed E-state index contributed by atoms with van der Waals surface area (Å²) in [5.74, 6) is 1.18. The van der Waals surface area contributed by atoms with Gasteiger partial charge < -0.3 is 4.42 Å². The number of nitrogens with zero attached hydrogens (tertiary/aromatic N) is 1. The molecule has 4 heteroatoms.